The van der Waals surface area contributed by atoms with Crippen LogP contribution in [0.2, 0.25) is 0 Å². The van der Waals surface area contributed by atoms with Crippen LogP contribution >= 0.6 is 11.8 Å². The van der Waals surface area contributed by atoms with Gasteiger partial charge in [-0.2, -0.15) is 0 Å². The molecule has 0 radical (unpaired) electrons. The largest absolute Gasteiger partial charge is 0.443 e. The van der Waals surface area contributed by atoms with E-state index in [0.29, 0.717) is 23.5 Å². The van der Waals surface area contributed by atoms with E-state index in [4.69, 9.17) is 4.74 Å². The summed E-state index contributed by atoms with van der Waals surface area (Å²) in [7, 11) is 0. The minimum atomic E-state index is -1.13. The van der Waals surface area contributed by atoms with Crippen LogP contribution in [0.3, 0.4) is 0 Å². The van der Waals surface area contributed by atoms with Gasteiger partial charge in [0, 0.05) is 29.6 Å². The Hall–Kier alpha value is -2.87. The van der Waals surface area contributed by atoms with Crippen molar-refractivity contribution in [3.63, 3.8) is 0 Å². The molecule has 1 heterocycles. The van der Waals surface area contributed by atoms with E-state index in [1.807, 2.05) is 0 Å². The topological polar surface area (TPSA) is 89.7 Å². The van der Waals surface area contributed by atoms with E-state index in [2.05, 4.69) is 0 Å². The molecule has 2 aromatic rings. The second-order valence-corrected chi connectivity index (χ2v) is 7.25. The maximum atomic E-state index is 13.0. The Morgan fingerprint density at radius 1 is 1.14 bits per heavy atom. The molecule has 2 aromatic carbocycles. The standard InChI is InChI=1S/C20H20N2O5S/c1-28-15-9-10-17(22(25)26)16(13-15)20(24)27-18(14-7-3-2-4-8-14)19(23)21-11-5-6-12-21/h2-4,7-10,13,18H,5-6,11-12H2,1H3. The van der Waals surface area contributed by atoms with Gasteiger partial charge in [0.25, 0.3) is 11.6 Å². The van der Waals surface area contributed by atoms with Gasteiger partial charge in [0.05, 0.1) is 4.92 Å². The Kier molecular flexibility index (Phi) is 6.30. The normalized spacial score (nSPS) is 14.5. The molecule has 8 heteroatoms. The zero-order chi connectivity index (χ0) is 20.1. The summed E-state index contributed by atoms with van der Waals surface area (Å²) >= 11 is 1.36. The summed E-state index contributed by atoms with van der Waals surface area (Å²) in [5.41, 5.74) is 0.0339. The summed E-state index contributed by atoms with van der Waals surface area (Å²) in [6, 6.07) is 13.0. The molecule has 7 nitrogen and oxygen atoms in total. The number of esters is 1. The molecule has 0 aromatic heterocycles. The van der Waals surface area contributed by atoms with Crippen molar-refractivity contribution in [2.24, 2.45) is 0 Å². The highest BCUT2D eigenvalue weighted by Crippen LogP contribution is 2.29. The fourth-order valence-corrected chi connectivity index (χ4v) is 3.57. The number of rotatable bonds is 6. The van der Waals surface area contributed by atoms with Crippen LogP contribution in [0.4, 0.5) is 5.69 Å². The lowest BCUT2D eigenvalue weighted by atomic mass is 10.1. The summed E-state index contributed by atoms with van der Waals surface area (Å²) in [5.74, 6) is -1.19. The molecule has 1 atom stereocenters. The van der Waals surface area contributed by atoms with Gasteiger partial charge in [0.1, 0.15) is 5.56 Å². The summed E-state index contributed by atoms with van der Waals surface area (Å²) in [6.45, 7) is 1.23. The first kappa shape index (κ1) is 19.9. The first-order valence-corrected chi connectivity index (χ1v) is 10.1. The van der Waals surface area contributed by atoms with Gasteiger partial charge in [-0.3, -0.25) is 14.9 Å². The molecule has 1 amide bonds. The van der Waals surface area contributed by atoms with E-state index in [-0.39, 0.29) is 17.2 Å². The van der Waals surface area contributed by atoms with Crippen LogP contribution in [0.15, 0.2) is 53.4 Å². The van der Waals surface area contributed by atoms with Crippen molar-refractivity contribution in [2.45, 2.75) is 23.8 Å². The average molecular weight is 400 g/mol. The Balaban J connectivity index is 1.93. The van der Waals surface area contributed by atoms with Gasteiger partial charge in [-0.05, 0) is 31.2 Å². The molecule has 0 aliphatic carbocycles. The average Bonchev–Trinajstić information content (AvgIpc) is 3.26. The lowest BCUT2D eigenvalue weighted by Crippen LogP contribution is -2.35. The highest BCUT2D eigenvalue weighted by atomic mass is 32.2. The molecular formula is C20H20N2O5S. The third-order valence-corrected chi connectivity index (χ3v) is 5.31. The molecule has 28 heavy (non-hydrogen) atoms. The number of hydrogen-bond donors (Lipinski definition) is 0. The zero-order valence-electron chi connectivity index (χ0n) is 15.4. The predicted octanol–water partition coefficient (Wildman–Crippen LogP) is 3.84. The highest BCUT2D eigenvalue weighted by molar-refractivity contribution is 7.98. The van der Waals surface area contributed by atoms with Crippen molar-refractivity contribution in [2.75, 3.05) is 19.3 Å². The van der Waals surface area contributed by atoms with Gasteiger partial charge in [-0.25, -0.2) is 4.79 Å². The zero-order valence-corrected chi connectivity index (χ0v) is 16.2. The summed E-state index contributed by atoms with van der Waals surface area (Å²) < 4.78 is 5.54. The second-order valence-electron chi connectivity index (χ2n) is 6.37. The van der Waals surface area contributed by atoms with Crippen molar-refractivity contribution >= 4 is 29.3 Å². The molecule has 1 aliphatic heterocycles. The van der Waals surface area contributed by atoms with Crippen LogP contribution < -0.4 is 0 Å². The Morgan fingerprint density at radius 2 is 1.82 bits per heavy atom. The number of nitrogens with zero attached hydrogens (tertiary/aromatic N) is 2. The van der Waals surface area contributed by atoms with Gasteiger partial charge in [0.2, 0.25) is 6.10 Å². The number of benzene rings is 2. The quantitative estimate of drug-likeness (QED) is 0.317. The van der Waals surface area contributed by atoms with Gasteiger partial charge in [-0.1, -0.05) is 30.3 Å². The maximum Gasteiger partial charge on any atom is 0.346 e. The van der Waals surface area contributed by atoms with E-state index in [0.717, 1.165) is 12.8 Å². The van der Waals surface area contributed by atoms with Gasteiger partial charge < -0.3 is 9.64 Å². The number of hydrogen-bond acceptors (Lipinski definition) is 6. The minimum Gasteiger partial charge on any atom is -0.443 e. The SMILES string of the molecule is CSc1ccc([N+](=O)[O-])c(C(=O)OC(C(=O)N2CCCC2)c2ccccc2)c1. The number of amides is 1. The maximum absolute atomic E-state index is 13.0. The molecule has 1 fully saturated rings. The molecule has 1 saturated heterocycles. The molecule has 1 aliphatic rings. The number of nitro groups is 1. The number of ether oxygens (including phenoxy) is 1. The van der Waals surface area contributed by atoms with Gasteiger partial charge in [0.15, 0.2) is 0 Å². The first-order chi connectivity index (χ1) is 13.5. The van der Waals surface area contributed by atoms with E-state index >= 15 is 0 Å². The van der Waals surface area contributed by atoms with Crippen LogP contribution in [-0.2, 0) is 9.53 Å². The van der Waals surface area contributed by atoms with Crippen LogP contribution in [0.25, 0.3) is 0 Å². The number of carbonyl (C=O) groups excluding carboxylic acids is 2. The number of likely N-dealkylation sites (tertiary alicyclic amines) is 1. The summed E-state index contributed by atoms with van der Waals surface area (Å²) in [5, 5.41) is 11.3. The van der Waals surface area contributed by atoms with Crippen molar-refractivity contribution in [3.8, 4) is 0 Å². The minimum absolute atomic E-state index is 0.160. The number of thioether (sulfide) groups is 1. The monoisotopic (exact) mass is 400 g/mol. The van der Waals surface area contributed by atoms with Crippen LogP contribution in [0, 0.1) is 10.1 Å². The molecule has 0 saturated carbocycles. The third-order valence-electron chi connectivity index (χ3n) is 4.59. The summed E-state index contributed by atoms with van der Waals surface area (Å²) in [6.07, 6.45) is 2.48. The fourth-order valence-electron chi connectivity index (χ4n) is 3.13. The van der Waals surface area contributed by atoms with Crippen molar-refractivity contribution in [3.05, 3.63) is 69.8 Å². The molecular weight excluding hydrogens is 380 g/mol. The van der Waals surface area contributed by atoms with Gasteiger partial charge in [-0.15, -0.1) is 11.8 Å². The fraction of sp³-hybridized carbons (Fsp3) is 0.300. The number of nitro benzene ring substituents is 1. The van der Waals surface area contributed by atoms with Crippen LogP contribution in [-0.4, -0.2) is 41.0 Å². The Labute approximate surface area is 166 Å². The van der Waals surface area contributed by atoms with Crippen LogP contribution in [0.1, 0.15) is 34.9 Å². The first-order valence-electron chi connectivity index (χ1n) is 8.88. The Bertz CT molecular complexity index is 881. The van der Waals surface area contributed by atoms with E-state index in [1.165, 1.54) is 23.9 Å². The van der Waals surface area contributed by atoms with Gasteiger partial charge >= 0.3 is 5.97 Å². The molecule has 0 spiro atoms. The van der Waals surface area contributed by atoms with E-state index in [1.54, 1.807) is 47.6 Å². The molecule has 0 bridgehead atoms. The molecule has 0 N–H and O–H groups in total. The van der Waals surface area contributed by atoms with Crippen molar-refractivity contribution in [1.82, 2.24) is 4.90 Å². The van der Waals surface area contributed by atoms with E-state index in [9.17, 15) is 19.7 Å². The number of carbonyl (C=O) groups is 2. The predicted molar refractivity (Wildman–Crippen MR) is 105 cm³/mol. The second kappa shape index (κ2) is 8.88. The molecule has 1 unspecified atom stereocenters. The lowest BCUT2D eigenvalue weighted by Gasteiger charge is -2.23. The molecule has 3 rings (SSSR count). The third kappa shape index (κ3) is 4.33. The van der Waals surface area contributed by atoms with Crippen molar-refractivity contribution < 1.29 is 19.2 Å². The van der Waals surface area contributed by atoms with Crippen molar-refractivity contribution in [1.29, 1.82) is 0 Å². The van der Waals surface area contributed by atoms with Crippen LogP contribution in [0.5, 0.6) is 0 Å². The van der Waals surface area contributed by atoms with E-state index < -0.39 is 17.0 Å². The smallest absolute Gasteiger partial charge is 0.346 e. The summed E-state index contributed by atoms with van der Waals surface area (Å²) in [4.78, 5) is 38.9. The highest BCUT2D eigenvalue weighted by Gasteiger charge is 2.33. The molecule has 146 valence electrons. The Morgan fingerprint density at radius 3 is 2.43 bits per heavy atom. The lowest BCUT2D eigenvalue weighted by molar-refractivity contribution is -0.385.